The molecule has 22 heteroatoms. The van der Waals surface area contributed by atoms with Crippen LogP contribution in [0.1, 0.15) is 114 Å². The Balaban J connectivity index is 1.54. The molecule has 3 aliphatic heterocycles. The number of thiazole rings is 1. The standard InChI is InChI=1S/C51H76FN7O13S/c1-15-36-51(12,66)43-29(7)39(57-38(60)16-2)27(5)20-49(10,42(30(8)41(62)50(11,52)48(65)71-36)72-47-40(61)35(59(13)14)19-28(6)70-47)68-23-34(22-67-43)58-69-24-33-18-17-32(21-53-33)46-56-37(25-73-46)55-45(64)31(9)54-44(63)26(3)4/h17-18,21,25-31,35-36,40,42-43,47,61,66H,15-16,19-20,22-24H2,1-14H3,(H,54,63)(H,55,64)/b57-39?,58-34+/t27-,28-,29+,30+,31+,35+,36-,40-,42-,43+,47+,49-,50+,51-/m1/s1. The van der Waals surface area contributed by atoms with Gasteiger partial charge in [0.1, 0.15) is 40.4 Å². The third-order valence-electron chi connectivity index (χ3n) is 13.9. The van der Waals surface area contributed by atoms with Crippen molar-refractivity contribution in [2.75, 3.05) is 32.6 Å². The Morgan fingerprint density at radius 2 is 1.74 bits per heavy atom. The molecule has 0 unspecified atom stereocenters. The zero-order valence-electron chi connectivity index (χ0n) is 44.6. The summed E-state index contributed by atoms with van der Waals surface area (Å²) in [5, 5.41) is 36.3. The smallest absolute Gasteiger partial charge is 0.351 e. The van der Waals surface area contributed by atoms with Crippen molar-refractivity contribution in [2.24, 2.45) is 33.8 Å². The summed E-state index contributed by atoms with van der Waals surface area (Å²) in [5.74, 6) is -6.82. The highest BCUT2D eigenvalue weighted by Gasteiger charge is 2.57. The van der Waals surface area contributed by atoms with Gasteiger partial charge in [-0.15, -0.1) is 11.3 Å². The first-order valence-electron chi connectivity index (χ1n) is 25.0. The molecule has 0 saturated carbocycles. The summed E-state index contributed by atoms with van der Waals surface area (Å²) < 4.78 is 49.1. The van der Waals surface area contributed by atoms with E-state index in [1.807, 2.05) is 18.7 Å². The number of ketones is 1. The number of ether oxygens (including phenoxy) is 5. The molecule has 5 rings (SSSR count). The van der Waals surface area contributed by atoms with Crippen molar-refractivity contribution in [3.63, 3.8) is 0 Å². The lowest BCUT2D eigenvalue weighted by atomic mass is 9.73. The molecule has 14 atom stereocenters. The molecular formula is C51H76FN7O13S. The fourth-order valence-electron chi connectivity index (χ4n) is 9.62. The molecule has 73 heavy (non-hydrogen) atoms. The number of aliphatic hydroxyl groups is 2. The number of esters is 1. The summed E-state index contributed by atoms with van der Waals surface area (Å²) in [7, 11) is 3.61. The molecule has 0 radical (unpaired) electrons. The number of oxime groups is 1. The normalized spacial score (nSPS) is 34.4. The molecule has 2 aromatic rings. The quantitative estimate of drug-likeness (QED) is 0.114. The number of halogens is 1. The number of Topliss-reactive ketones (excluding diaryl/α,β-unsaturated/α-hetero) is 1. The zero-order chi connectivity index (χ0) is 54.3. The van der Waals surface area contributed by atoms with E-state index in [1.165, 1.54) is 25.2 Å². The molecule has 406 valence electrons. The lowest BCUT2D eigenvalue weighted by Crippen LogP contribution is -2.61. The predicted octanol–water partition coefficient (Wildman–Crippen LogP) is 5.22. The first-order chi connectivity index (χ1) is 34.1. The highest BCUT2D eigenvalue weighted by atomic mass is 32.1. The number of hydrogen-bond donors (Lipinski definition) is 4. The number of anilines is 1. The van der Waals surface area contributed by atoms with E-state index in [0.29, 0.717) is 34.2 Å². The molecule has 3 saturated heterocycles. The summed E-state index contributed by atoms with van der Waals surface area (Å²) in [6, 6.07) is 2.28. The van der Waals surface area contributed by atoms with Crippen molar-refractivity contribution in [3.05, 3.63) is 29.4 Å². The number of amides is 3. The molecule has 2 aromatic heterocycles. The predicted molar refractivity (Wildman–Crippen MR) is 270 cm³/mol. The zero-order valence-corrected chi connectivity index (χ0v) is 45.4. The first-order valence-corrected chi connectivity index (χ1v) is 25.9. The van der Waals surface area contributed by atoms with Crippen molar-refractivity contribution in [2.45, 2.75) is 181 Å². The molecule has 2 bridgehead atoms. The van der Waals surface area contributed by atoms with Crippen LogP contribution in [0.4, 0.5) is 10.2 Å². The number of pyridine rings is 1. The summed E-state index contributed by atoms with van der Waals surface area (Å²) >= 11 is 1.29. The summed E-state index contributed by atoms with van der Waals surface area (Å²) in [5.41, 5.74) is -5.37. The van der Waals surface area contributed by atoms with E-state index in [2.05, 4.69) is 30.7 Å². The fourth-order valence-corrected chi connectivity index (χ4v) is 10.4. The molecule has 0 aromatic carbocycles. The lowest BCUT2D eigenvalue weighted by molar-refractivity contribution is -0.296. The molecule has 5 heterocycles. The number of rotatable bonds is 13. The van der Waals surface area contributed by atoms with Gasteiger partial charge in [-0.25, -0.2) is 19.2 Å². The second-order valence-corrected chi connectivity index (χ2v) is 21.6. The number of fused-ring (bicyclic) bond motifs is 5. The van der Waals surface area contributed by atoms with Crippen LogP contribution < -0.4 is 10.6 Å². The van der Waals surface area contributed by atoms with Crippen LogP contribution in [-0.2, 0) is 59.1 Å². The van der Waals surface area contributed by atoms with Gasteiger partial charge in [0, 0.05) is 53.1 Å². The number of likely N-dealkylation sites (N-methyl/N-ethyl adjacent to an activating group) is 1. The van der Waals surface area contributed by atoms with Crippen LogP contribution in [0.2, 0.25) is 0 Å². The number of nitrogens with zero attached hydrogens (tertiary/aromatic N) is 5. The minimum absolute atomic E-state index is 0.0303. The SMILES string of the molecule is CCC(=O)N=C1[C@H](C)C[C@@]2(C)OC/C(=N/OCc3ccc(-c4nc(NC(=O)[C@H](C)NC(=O)C(C)C)cs4)cn3)CO[C@@H]([C@H]1C)[C@](C)(O)[C@@H](CC)OC(=O)[C@@](C)(F)C(=O)[C@H](C)[C@H]2O[C@@H]1O[C@H](C)C[C@H](N(C)C)[C@H]1O. The van der Waals surface area contributed by atoms with Crippen molar-refractivity contribution in [1.82, 2.24) is 20.2 Å². The Morgan fingerprint density at radius 1 is 1.04 bits per heavy atom. The number of carbonyl (C=O) groups is 5. The van der Waals surface area contributed by atoms with Crippen LogP contribution in [0.15, 0.2) is 33.9 Å². The molecule has 3 fully saturated rings. The van der Waals surface area contributed by atoms with Gasteiger partial charge in [0.2, 0.25) is 17.7 Å². The number of nitrogens with one attached hydrogen (secondary N) is 2. The van der Waals surface area contributed by atoms with Crippen molar-refractivity contribution in [1.29, 1.82) is 0 Å². The number of aliphatic hydroxyl groups excluding tert-OH is 1. The van der Waals surface area contributed by atoms with Crippen LogP contribution in [0, 0.1) is 23.7 Å². The minimum Gasteiger partial charge on any atom is -0.457 e. The Kier molecular flexibility index (Phi) is 20.1. The first kappa shape index (κ1) is 59.2. The number of aliphatic imine (C=N–C) groups is 1. The molecule has 20 nitrogen and oxygen atoms in total. The largest absolute Gasteiger partial charge is 0.457 e. The molecule has 0 aliphatic carbocycles. The van der Waals surface area contributed by atoms with Crippen molar-refractivity contribution < 1.29 is 67.1 Å². The van der Waals surface area contributed by atoms with E-state index in [0.717, 1.165) is 6.92 Å². The van der Waals surface area contributed by atoms with Crippen LogP contribution in [0.3, 0.4) is 0 Å². The van der Waals surface area contributed by atoms with Gasteiger partial charge >= 0.3 is 5.97 Å². The number of alkyl halides is 1. The summed E-state index contributed by atoms with van der Waals surface area (Å²) in [4.78, 5) is 88.0. The third-order valence-corrected chi connectivity index (χ3v) is 14.8. The molecular weight excluding hydrogens is 970 g/mol. The summed E-state index contributed by atoms with van der Waals surface area (Å²) in [6.45, 7) is 18.1. The number of hydrogen-bond acceptors (Lipinski definition) is 18. The molecule has 0 spiro atoms. The second-order valence-electron chi connectivity index (χ2n) is 20.7. The second kappa shape index (κ2) is 24.8. The van der Waals surface area contributed by atoms with Gasteiger partial charge in [-0.1, -0.05) is 53.6 Å². The average molecular weight is 1050 g/mol. The van der Waals surface area contributed by atoms with Crippen LogP contribution >= 0.6 is 11.3 Å². The Bertz CT molecular complexity index is 2330. The van der Waals surface area contributed by atoms with E-state index in [4.69, 9.17) is 28.5 Å². The van der Waals surface area contributed by atoms with E-state index in [9.17, 15) is 34.2 Å². The van der Waals surface area contributed by atoms with Gasteiger partial charge in [-0.3, -0.25) is 24.2 Å². The number of aromatic nitrogens is 2. The highest BCUT2D eigenvalue weighted by Crippen LogP contribution is 2.41. The van der Waals surface area contributed by atoms with Crippen molar-refractivity contribution >= 4 is 58.1 Å². The van der Waals surface area contributed by atoms with E-state index < -0.39 is 107 Å². The van der Waals surface area contributed by atoms with Crippen LogP contribution in [0.5, 0.6) is 0 Å². The molecule has 4 N–H and O–H groups in total. The molecule has 3 aliphatic rings. The topological polar surface area (TPSA) is 259 Å². The number of cyclic esters (lactones) is 1. The van der Waals surface area contributed by atoms with Crippen LogP contribution in [-0.4, -0.2) is 159 Å². The van der Waals surface area contributed by atoms with Crippen LogP contribution in [0.25, 0.3) is 10.6 Å². The maximum atomic E-state index is 17.0. The maximum Gasteiger partial charge on any atom is 0.351 e. The lowest BCUT2D eigenvalue weighted by Gasteiger charge is -2.47. The third kappa shape index (κ3) is 14.2. The highest BCUT2D eigenvalue weighted by molar-refractivity contribution is 7.13. The Morgan fingerprint density at radius 3 is 2.36 bits per heavy atom. The van der Waals surface area contributed by atoms with Gasteiger partial charge in [-0.2, -0.15) is 0 Å². The van der Waals surface area contributed by atoms with E-state index in [-0.39, 0.29) is 56.6 Å². The fraction of sp³-hybridized carbons (Fsp3) is 0.706. The summed E-state index contributed by atoms with van der Waals surface area (Å²) in [6.07, 6.45) is -5.15. The molecule has 3 amide bonds. The van der Waals surface area contributed by atoms with E-state index >= 15 is 4.39 Å². The van der Waals surface area contributed by atoms with Gasteiger partial charge < -0.3 is 54.3 Å². The Hall–Kier alpha value is -4.68. The monoisotopic (exact) mass is 1050 g/mol. The van der Waals surface area contributed by atoms with Gasteiger partial charge in [0.05, 0.1) is 42.8 Å². The van der Waals surface area contributed by atoms with Gasteiger partial charge in [0.15, 0.2) is 18.7 Å². The van der Waals surface area contributed by atoms with E-state index in [1.54, 1.807) is 86.3 Å². The maximum absolute atomic E-state index is 17.0. The van der Waals surface area contributed by atoms with Gasteiger partial charge in [0.25, 0.3) is 5.67 Å². The van der Waals surface area contributed by atoms with Crippen molar-refractivity contribution in [3.8, 4) is 10.6 Å². The number of carbonyl (C=O) groups excluding carboxylic acids is 5. The Labute approximate surface area is 431 Å². The van der Waals surface area contributed by atoms with Gasteiger partial charge in [-0.05, 0) is 86.0 Å². The minimum atomic E-state index is -3.25. The average Bonchev–Trinajstić information content (AvgIpc) is 3.80.